The van der Waals surface area contributed by atoms with Crippen molar-refractivity contribution in [3.05, 3.63) is 113 Å². The molecular formula is C33H31N3O6. The fourth-order valence-electron chi connectivity index (χ4n) is 5.09. The SMILES string of the molecule is CC(=O)Oc1c(C(=O)OCC(=O)CC(N)(N)N)c2c(c3ccccc13)OC(c1ccccc1)(c1ccc(C)cc1)C=C2. The second-order valence-electron chi connectivity index (χ2n) is 10.4. The zero-order chi connectivity index (χ0) is 30.1. The van der Waals surface area contributed by atoms with Crippen LogP contribution in [0.25, 0.3) is 16.8 Å². The van der Waals surface area contributed by atoms with Crippen LogP contribution < -0.4 is 26.7 Å². The highest BCUT2D eigenvalue weighted by Crippen LogP contribution is 2.49. The average molecular weight is 566 g/mol. The molecule has 0 saturated carbocycles. The lowest BCUT2D eigenvalue weighted by atomic mass is 9.82. The molecule has 0 saturated heterocycles. The van der Waals surface area contributed by atoms with Gasteiger partial charge in [-0.15, -0.1) is 0 Å². The molecule has 1 heterocycles. The number of Topliss-reactive ketones (excluding diaryl/α,β-unsaturated/α-hetero) is 1. The highest BCUT2D eigenvalue weighted by atomic mass is 16.6. The van der Waals surface area contributed by atoms with E-state index < -0.39 is 42.1 Å². The van der Waals surface area contributed by atoms with Crippen LogP contribution in [0.15, 0.2) is 84.9 Å². The highest BCUT2D eigenvalue weighted by molar-refractivity contribution is 6.10. The maximum atomic E-state index is 13.6. The molecule has 214 valence electrons. The Bertz CT molecular complexity index is 1710. The predicted molar refractivity (Wildman–Crippen MR) is 159 cm³/mol. The van der Waals surface area contributed by atoms with Gasteiger partial charge in [-0.05, 0) is 19.1 Å². The van der Waals surface area contributed by atoms with E-state index in [9.17, 15) is 14.4 Å². The van der Waals surface area contributed by atoms with E-state index in [1.165, 1.54) is 6.92 Å². The van der Waals surface area contributed by atoms with Gasteiger partial charge in [-0.25, -0.2) is 4.79 Å². The van der Waals surface area contributed by atoms with Crippen molar-refractivity contribution in [1.29, 1.82) is 0 Å². The van der Waals surface area contributed by atoms with Crippen LogP contribution in [-0.4, -0.2) is 30.1 Å². The molecule has 9 nitrogen and oxygen atoms in total. The van der Waals surface area contributed by atoms with Gasteiger partial charge in [0.2, 0.25) is 0 Å². The van der Waals surface area contributed by atoms with E-state index in [1.54, 1.807) is 18.2 Å². The number of carbonyl (C=O) groups is 3. The lowest BCUT2D eigenvalue weighted by Crippen LogP contribution is -2.59. The number of hydrogen-bond acceptors (Lipinski definition) is 9. The van der Waals surface area contributed by atoms with E-state index in [1.807, 2.05) is 79.7 Å². The molecule has 0 fully saturated rings. The third-order valence-electron chi connectivity index (χ3n) is 6.91. The molecule has 6 N–H and O–H groups in total. The Morgan fingerprint density at radius 3 is 2.12 bits per heavy atom. The van der Waals surface area contributed by atoms with Crippen LogP contribution in [0.1, 0.15) is 46.0 Å². The second-order valence-corrected chi connectivity index (χ2v) is 10.4. The molecule has 0 bridgehead atoms. The van der Waals surface area contributed by atoms with Gasteiger partial charge in [0.15, 0.2) is 23.7 Å². The Hall–Kier alpha value is -4.83. The van der Waals surface area contributed by atoms with E-state index >= 15 is 0 Å². The molecule has 9 heteroatoms. The van der Waals surface area contributed by atoms with Crippen molar-refractivity contribution < 1.29 is 28.6 Å². The first-order valence-corrected chi connectivity index (χ1v) is 13.3. The molecule has 1 atom stereocenters. The maximum absolute atomic E-state index is 13.6. The van der Waals surface area contributed by atoms with Crippen molar-refractivity contribution in [3.63, 3.8) is 0 Å². The number of rotatable bonds is 8. The number of ketones is 1. The van der Waals surface area contributed by atoms with Crippen LogP contribution in [0.3, 0.4) is 0 Å². The van der Waals surface area contributed by atoms with Crippen LogP contribution in [0.2, 0.25) is 0 Å². The maximum Gasteiger partial charge on any atom is 0.343 e. The smallest absolute Gasteiger partial charge is 0.343 e. The summed E-state index contributed by atoms with van der Waals surface area (Å²) >= 11 is 0. The van der Waals surface area contributed by atoms with E-state index in [4.69, 9.17) is 31.4 Å². The Balaban J connectivity index is 1.71. The molecule has 1 unspecified atom stereocenters. The fourth-order valence-corrected chi connectivity index (χ4v) is 5.09. The first-order valence-electron chi connectivity index (χ1n) is 13.3. The number of fused-ring (bicyclic) bond motifs is 3. The molecule has 4 aromatic carbocycles. The minimum atomic E-state index is -1.75. The summed E-state index contributed by atoms with van der Waals surface area (Å²) in [6.45, 7) is 2.61. The van der Waals surface area contributed by atoms with Gasteiger partial charge < -0.3 is 31.4 Å². The Labute approximate surface area is 242 Å². The summed E-state index contributed by atoms with van der Waals surface area (Å²) in [7, 11) is 0. The molecule has 0 spiro atoms. The van der Waals surface area contributed by atoms with Gasteiger partial charge in [-0.3, -0.25) is 9.59 Å². The molecule has 1 aliphatic heterocycles. The minimum absolute atomic E-state index is 0.00378. The van der Waals surface area contributed by atoms with Crippen LogP contribution in [0, 0.1) is 6.92 Å². The normalized spacial score (nSPS) is 15.9. The summed E-state index contributed by atoms with van der Waals surface area (Å²) in [5.74, 6) is -3.47. The third-order valence-corrected chi connectivity index (χ3v) is 6.91. The Kier molecular flexibility index (Phi) is 7.66. The molecular weight excluding hydrogens is 534 g/mol. The zero-order valence-electron chi connectivity index (χ0n) is 23.3. The van der Waals surface area contributed by atoms with Crippen molar-refractivity contribution >= 4 is 34.6 Å². The van der Waals surface area contributed by atoms with Crippen molar-refractivity contribution in [2.45, 2.75) is 31.7 Å². The van der Waals surface area contributed by atoms with Gasteiger partial charge in [-0.1, -0.05) is 84.4 Å². The molecule has 1 aliphatic rings. The highest BCUT2D eigenvalue weighted by Gasteiger charge is 2.40. The standard InChI is InChI=1S/C33H31N3O6/c1-20-12-14-23(15-13-20)32(22-8-4-3-5-9-22)17-16-27-28(31(39)40-19-24(38)18-33(34,35)36)30(41-21(2)37)26-11-7-6-10-25(26)29(27)42-32/h3-17H,18-19,34-36H2,1-2H3. The van der Waals surface area contributed by atoms with Gasteiger partial charge in [0.05, 0.1) is 6.42 Å². The van der Waals surface area contributed by atoms with Gasteiger partial charge in [0.1, 0.15) is 17.1 Å². The number of ether oxygens (including phenoxy) is 3. The largest absolute Gasteiger partial charge is 0.472 e. The number of aryl methyl sites for hydroxylation is 1. The summed E-state index contributed by atoms with van der Waals surface area (Å²) < 4.78 is 17.9. The number of benzene rings is 4. The van der Waals surface area contributed by atoms with Gasteiger partial charge >= 0.3 is 11.9 Å². The van der Waals surface area contributed by atoms with Gasteiger partial charge in [-0.2, -0.15) is 0 Å². The molecule has 4 aromatic rings. The second kappa shape index (κ2) is 11.2. The summed E-state index contributed by atoms with van der Waals surface area (Å²) in [6, 6.07) is 24.9. The van der Waals surface area contributed by atoms with Crippen LogP contribution in [-0.2, 0) is 19.9 Å². The van der Waals surface area contributed by atoms with E-state index in [-0.39, 0.29) is 11.3 Å². The van der Waals surface area contributed by atoms with Crippen LogP contribution >= 0.6 is 0 Å². The van der Waals surface area contributed by atoms with E-state index in [0.29, 0.717) is 22.1 Å². The predicted octanol–water partition coefficient (Wildman–Crippen LogP) is 4.07. The molecule has 42 heavy (non-hydrogen) atoms. The van der Waals surface area contributed by atoms with Crippen molar-refractivity contribution in [2.24, 2.45) is 17.2 Å². The first kappa shape index (κ1) is 28.7. The first-order chi connectivity index (χ1) is 20.0. The van der Waals surface area contributed by atoms with Crippen molar-refractivity contribution in [1.82, 2.24) is 0 Å². The molecule has 0 radical (unpaired) electrons. The molecule has 5 rings (SSSR count). The van der Waals surface area contributed by atoms with E-state index in [0.717, 1.165) is 16.7 Å². The quantitative estimate of drug-likeness (QED) is 0.163. The third kappa shape index (κ3) is 5.66. The van der Waals surface area contributed by atoms with Crippen molar-refractivity contribution in [3.8, 4) is 11.5 Å². The average Bonchev–Trinajstić information content (AvgIpc) is 2.95. The van der Waals surface area contributed by atoms with E-state index in [2.05, 4.69) is 0 Å². The topological polar surface area (TPSA) is 157 Å². The number of nitrogens with two attached hydrogens (primary N) is 3. The summed E-state index contributed by atoms with van der Waals surface area (Å²) in [4.78, 5) is 38.2. The van der Waals surface area contributed by atoms with Crippen LogP contribution in [0.4, 0.5) is 0 Å². The fraction of sp³-hybridized carbons (Fsp3) is 0.182. The monoisotopic (exact) mass is 565 g/mol. The zero-order valence-corrected chi connectivity index (χ0v) is 23.3. The number of esters is 2. The minimum Gasteiger partial charge on any atom is -0.472 e. The molecule has 0 aromatic heterocycles. The summed E-state index contributed by atoms with van der Waals surface area (Å²) in [6.07, 6.45) is 3.20. The summed E-state index contributed by atoms with van der Waals surface area (Å²) in [5.41, 5.74) is 18.6. The van der Waals surface area contributed by atoms with Gasteiger partial charge in [0, 0.05) is 34.4 Å². The van der Waals surface area contributed by atoms with Gasteiger partial charge in [0.25, 0.3) is 0 Å². The summed E-state index contributed by atoms with van der Waals surface area (Å²) in [5, 5.41) is 1.07. The number of carbonyl (C=O) groups excluding carboxylic acids is 3. The van der Waals surface area contributed by atoms with Crippen LogP contribution in [0.5, 0.6) is 11.5 Å². The molecule has 0 aliphatic carbocycles. The van der Waals surface area contributed by atoms with Crippen molar-refractivity contribution in [2.75, 3.05) is 6.61 Å². The number of hydrogen-bond donors (Lipinski definition) is 3. The Morgan fingerprint density at radius 2 is 1.48 bits per heavy atom. The Morgan fingerprint density at radius 1 is 0.857 bits per heavy atom. The lowest BCUT2D eigenvalue weighted by Gasteiger charge is -2.37. The molecule has 0 amide bonds. The lowest BCUT2D eigenvalue weighted by molar-refractivity contribution is -0.131.